The van der Waals surface area contributed by atoms with Crippen LogP contribution in [0.15, 0.2) is 77.5 Å². The number of anilines is 1. The van der Waals surface area contributed by atoms with Crippen LogP contribution in [0.2, 0.25) is 0 Å². The fourth-order valence-electron chi connectivity index (χ4n) is 3.19. The largest absolute Gasteiger partial charge is 0.484 e. The van der Waals surface area contributed by atoms with Gasteiger partial charge in [0.25, 0.3) is 11.8 Å². The van der Waals surface area contributed by atoms with Crippen LogP contribution in [0, 0.1) is 13.8 Å². The molecule has 0 aliphatic carbocycles. The van der Waals surface area contributed by atoms with Crippen LogP contribution in [-0.2, 0) is 11.3 Å². The Morgan fingerprint density at radius 2 is 1.85 bits per heavy atom. The molecular formula is C26H24N4O4. The number of aryl methyl sites for hydroxylation is 2. The first-order valence-corrected chi connectivity index (χ1v) is 10.7. The Morgan fingerprint density at radius 3 is 2.62 bits per heavy atom. The van der Waals surface area contributed by atoms with Crippen molar-refractivity contribution >= 4 is 17.5 Å². The van der Waals surface area contributed by atoms with Gasteiger partial charge in [0.1, 0.15) is 17.2 Å². The van der Waals surface area contributed by atoms with Gasteiger partial charge in [-0.25, -0.2) is 4.98 Å². The number of aromatic nitrogens is 2. The Hall–Kier alpha value is -4.46. The first-order valence-electron chi connectivity index (χ1n) is 10.7. The van der Waals surface area contributed by atoms with Gasteiger partial charge in [0.15, 0.2) is 6.61 Å². The maximum Gasteiger partial charge on any atom is 0.262 e. The zero-order chi connectivity index (χ0) is 23.9. The molecule has 2 N–H and O–H groups in total. The van der Waals surface area contributed by atoms with Crippen LogP contribution in [-0.4, -0.2) is 28.4 Å². The van der Waals surface area contributed by atoms with Crippen molar-refractivity contribution in [3.63, 3.8) is 0 Å². The van der Waals surface area contributed by atoms with E-state index < -0.39 is 0 Å². The summed E-state index contributed by atoms with van der Waals surface area (Å²) >= 11 is 0. The number of nitrogens with zero attached hydrogens (tertiary/aromatic N) is 2. The SMILES string of the molecule is Cc1ccc(OCC(=O)Nc2cccc(-c3nc(CNC(=O)c4cccnc4)c(C)o3)c2)cc1. The minimum atomic E-state index is -0.278. The summed E-state index contributed by atoms with van der Waals surface area (Å²) in [5.41, 5.74) is 3.50. The number of pyridine rings is 1. The van der Waals surface area contributed by atoms with Crippen LogP contribution < -0.4 is 15.4 Å². The summed E-state index contributed by atoms with van der Waals surface area (Å²) in [7, 11) is 0. The van der Waals surface area contributed by atoms with E-state index in [9.17, 15) is 9.59 Å². The van der Waals surface area contributed by atoms with E-state index in [1.807, 2.05) is 37.3 Å². The third-order valence-electron chi connectivity index (χ3n) is 5.02. The number of carbonyl (C=O) groups excluding carboxylic acids is 2. The van der Waals surface area contributed by atoms with Gasteiger partial charge < -0.3 is 19.8 Å². The van der Waals surface area contributed by atoms with Crippen molar-refractivity contribution in [2.45, 2.75) is 20.4 Å². The molecule has 0 aliphatic heterocycles. The molecule has 2 amide bonds. The molecule has 0 saturated heterocycles. The van der Waals surface area contributed by atoms with Gasteiger partial charge in [-0.15, -0.1) is 0 Å². The normalized spacial score (nSPS) is 10.5. The van der Waals surface area contributed by atoms with E-state index in [1.165, 1.54) is 6.20 Å². The van der Waals surface area contributed by atoms with Crippen LogP contribution in [0.25, 0.3) is 11.5 Å². The van der Waals surface area contributed by atoms with Crippen LogP contribution >= 0.6 is 0 Å². The van der Waals surface area contributed by atoms with Gasteiger partial charge in [0.2, 0.25) is 5.89 Å². The number of hydrogen-bond acceptors (Lipinski definition) is 6. The van der Waals surface area contributed by atoms with Crippen LogP contribution in [0.5, 0.6) is 5.75 Å². The monoisotopic (exact) mass is 456 g/mol. The van der Waals surface area contributed by atoms with Gasteiger partial charge in [-0.05, 0) is 56.3 Å². The number of hydrogen-bond donors (Lipinski definition) is 2. The van der Waals surface area contributed by atoms with Crippen molar-refractivity contribution in [1.82, 2.24) is 15.3 Å². The molecule has 4 aromatic rings. The maximum absolute atomic E-state index is 12.3. The van der Waals surface area contributed by atoms with E-state index in [0.29, 0.717) is 39.9 Å². The van der Waals surface area contributed by atoms with Gasteiger partial charge in [-0.3, -0.25) is 14.6 Å². The highest BCUT2D eigenvalue weighted by molar-refractivity contribution is 5.94. The van der Waals surface area contributed by atoms with E-state index >= 15 is 0 Å². The topological polar surface area (TPSA) is 106 Å². The van der Waals surface area contributed by atoms with Crippen molar-refractivity contribution in [1.29, 1.82) is 0 Å². The molecular weight excluding hydrogens is 432 g/mol. The van der Waals surface area contributed by atoms with Gasteiger partial charge in [0, 0.05) is 23.6 Å². The van der Waals surface area contributed by atoms with Crippen LogP contribution in [0.4, 0.5) is 5.69 Å². The summed E-state index contributed by atoms with van der Waals surface area (Å²) in [6.07, 6.45) is 3.11. The van der Waals surface area contributed by atoms with E-state index in [0.717, 1.165) is 5.56 Å². The molecule has 2 heterocycles. The second-order valence-corrected chi connectivity index (χ2v) is 7.68. The molecule has 0 spiro atoms. The van der Waals surface area contributed by atoms with Crippen LogP contribution in [0.1, 0.15) is 27.4 Å². The Balaban J connectivity index is 1.37. The molecule has 0 aliphatic rings. The highest BCUT2D eigenvalue weighted by Gasteiger charge is 2.14. The third-order valence-corrected chi connectivity index (χ3v) is 5.02. The zero-order valence-electron chi connectivity index (χ0n) is 18.9. The molecule has 8 nitrogen and oxygen atoms in total. The van der Waals surface area contributed by atoms with Gasteiger partial charge in [0.05, 0.1) is 12.1 Å². The second kappa shape index (κ2) is 10.4. The number of ether oxygens (including phenoxy) is 1. The molecule has 0 atom stereocenters. The van der Waals surface area contributed by atoms with Crippen molar-refractivity contribution in [3.05, 3.63) is 95.6 Å². The fourth-order valence-corrected chi connectivity index (χ4v) is 3.19. The lowest BCUT2D eigenvalue weighted by atomic mass is 10.2. The van der Waals surface area contributed by atoms with Crippen LogP contribution in [0.3, 0.4) is 0 Å². The van der Waals surface area contributed by atoms with Gasteiger partial charge in [-0.1, -0.05) is 23.8 Å². The average Bonchev–Trinajstić information content (AvgIpc) is 3.23. The van der Waals surface area contributed by atoms with Crippen molar-refractivity contribution < 1.29 is 18.7 Å². The lowest BCUT2D eigenvalue weighted by Crippen LogP contribution is -2.23. The number of rotatable bonds is 8. The molecule has 2 aromatic carbocycles. The van der Waals surface area contributed by atoms with E-state index in [4.69, 9.17) is 9.15 Å². The lowest BCUT2D eigenvalue weighted by Gasteiger charge is -2.08. The Morgan fingerprint density at radius 1 is 1.03 bits per heavy atom. The number of oxazole rings is 1. The summed E-state index contributed by atoms with van der Waals surface area (Å²) in [6.45, 7) is 3.89. The molecule has 2 aromatic heterocycles. The van der Waals surface area contributed by atoms with E-state index in [2.05, 4.69) is 20.6 Å². The van der Waals surface area contributed by atoms with Crippen molar-refractivity contribution in [3.8, 4) is 17.2 Å². The number of benzene rings is 2. The predicted molar refractivity (Wildman–Crippen MR) is 127 cm³/mol. The molecule has 34 heavy (non-hydrogen) atoms. The summed E-state index contributed by atoms with van der Waals surface area (Å²) < 4.78 is 11.3. The smallest absolute Gasteiger partial charge is 0.262 e. The molecule has 0 bridgehead atoms. The Bertz CT molecular complexity index is 1280. The average molecular weight is 457 g/mol. The zero-order valence-corrected chi connectivity index (χ0v) is 18.9. The number of amides is 2. The molecule has 0 radical (unpaired) electrons. The van der Waals surface area contributed by atoms with Gasteiger partial charge in [-0.2, -0.15) is 0 Å². The Kier molecular flexibility index (Phi) is 6.98. The van der Waals surface area contributed by atoms with E-state index in [-0.39, 0.29) is 25.0 Å². The summed E-state index contributed by atoms with van der Waals surface area (Å²) in [5, 5.41) is 5.63. The third kappa shape index (κ3) is 5.86. The fraction of sp³-hybridized carbons (Fsp3) is 0.154. The standard InChI is InChI=1S/C26H24N4O4/c1-17-8-10-22(11-9-17)33-16-24(31)29-21-7-3-5-19(13-21)26-30-23(18(2)34-26)15-28-25(32)20-6-4-12-27-14-20/h3-14H,15-16H2,1-2H3,(H,28,32)(H,29,31). The lowest BCUT2D eigenvalue weighted by molar-refractivity contribution is -0.118. The number of nitrogens with one attached hydrogen (secondary N) is 2. The molecule has 4 rings (SSSR count). The minimum absolute atomic E-state index is 0.105. The Labute approximate surface area is 197 Å². The molecule has 0 fully saturated rings. The molecule has 8 heteroatoms. The minimum Gasteiger partial charge on any atom is -0.484 e. The second-order valence-electron chi connectivity index (χ2n) is 7.68. The number of carbonyl (C=O) groups is 2. The predicted octanol–water partition coefficient (Wildman–Crippen LogP) is 4.30. The quantitative estimate of drug-likeness (QED) is 0.409. The highest BCUT2D eigenvalue weighted by Crippen LogP contribution is 2.24. The summed E-state index contributed by atoms with van der Waals surface area (Å²) in [4.78, 5) is 33.0. The molecule has 0 saturated carbocycles. The summed E-state index contributed by atoms with van der Waals surface area (Å²) in [5.74, 6) is 1.11. The maximum atomic E-state index is 12.3. The van der Waals surface area contributed by atoms with E-state index in [1.54, 1.807) is 43.5 Å². The molecule has 0 unspecified atom stereocenters. The van der Waals surface area contributed by atoms with Crippen molar-refractivity contribution in [2.75, 3.05) is 11.9 Å². The van der Waals surface area contributed by atoms with Gasteiger partial charge >= 0.3 is 0 Å². The summed E-state index contributed by atoms with van der Waals surface area (Å²) in [6, 6.07) is 18.1. The first-order chi connectivity index (χ1) is 16.5. The highest BCUT2D eigenvalue weighted by atomic mass is 16.5. The van der Waals surface area contributed by atoms with Crippen molar-refractivity contribution in [2.24, 2.45) is 0 Å². The molecule has 172 valence electrons. The first kappa shape index (κ1) is 22.7.